The van der Waals surface area contributed by atoms with Gasteiger partial charge in [-0.3, -0.25) is 0 Å². The van der Waals surface area contributed by atoms with Gasteiger partial charge in [0.15, 0.2) is 0 Å². The molecule has 0 spiro atoms. The van der Waals surface area contributed by atoms with Crippen molar-refractivity contribution in [3.63, 3.8) is 0 Å². The van der Waals surface area contributed by atoms with E-state index in [4.69, 9.17) is 19.2 Å². The zero-order valence-corrected chi connectivity index (χ0v) is 8.35. The summed E-state index contributed by atoms with van der Waals surface area (Å²) in [5.41, 5.74) is 0. The molecule has 0 aliphatic rings. The molecule has 0 saturated carbocycles. The largest absolute Gasteiger partial charge is 2.00 e. The summed E-state index contributed by atoms with van der Waals surface area (Å²) in [6.07, 6.45) is 0. The molecule has 0 saturated heterocycles. The second-order valence-electron chi connectivity index (χ2n) is 0.447. The van der Waals surface area contributed by atoms with E-state index in [1.807, 2.05) is 0 Å². The summed E-state index contributed by atoms with van der Waals surface area (Å²) in [5.74, 6) is 0. The smallest absolute Gasteiger partial charge is 1.00 e. The minimum atomic E-state index is -5.39. The van der Waals surface area contributed by atoms with Gasteiger partial charge >= 0.3 is 46.1 Å². The third-order valence-corrected chi connectivity index (χ3v) is 0. The molecule has 0 aromatic heterocycles. The molecular weight excluding hydrogens is 179 g/mol. The second kappa shape index (κ2) is 8.93. The van der Waals surface area contributed by atoms with Crippen LogP contribution >= 0.6 is 7.82 Å². The summed E-state index contributed by atoms with van der Waals surface area (Å²) in [6, 6.07) is 0. The van der Waals surface area contributed by atoms with Crippen molar-refractivity contribution in [1.82, 2.24) is 0 Å². The van der Waals surface area contributed by atoms with Crippen LogP contribution in [-0.2, 0) is 4.57 Å². The number of halogens is 1. The van der Waals surface area contributed by atoms with Gasteiger partial charge in [-0.05, 0) is 0 Å². The van der Waals surface area contributed by atoms with Gasteiger partial charge in [0, 0.05) is 0 Å². The van der Waals surface area contributed by atoms with Crippen LogP contribution in [0.1, 0.15) is 0 Å². The maximum Gasteiger partial charge on any atom is 2.00 e. The standard InChI is InChI=1S/ClH.2Mg.H3O4P/c;;;1-5(2,3)4/h1H;;;(H3,1,2,3,4)/q;2*+2;/p-4. The van der Waals surface area contributed by atoms with Gasteiger partial charge in [-0.2, -0.15) is 7.82 Å². The summed E-state index contributed by atoms with van der Waals surface area (Å²) in [5, 5.41) is 0. The van der Waals surface area contributed by atoms with Gasteiger partial charge in [0.1, 0.15) is 0 Å². The van der Waals surface area contributed by atoms with Crippen LogP contribution in [0.4, 0.5) is 0 Å². The second-order valence-corrected chi connectivity index (χ2v) is 1.34. The number of phosphoric acid groups is 1. The van der Waals surface area contributed by atoms with Gasteiger partial charge in [0.25, 0.3) is 0 Å². The summed E-state index contributed by atoms with van der Waals surface area (Å²) in [4.78, 5) is 25.6. The van der Waals surface area contributed by atoms with Crippen LogP contribution < -0.4 is 27.1 Å². The Morgan fingerprint density at radius 2 is 1.00 bits per heavy atom. The molecule has 40 valence electrons. The van der Waals surface area contributed by atoms with Crippen molar-refractivity contribution < 1.29 is 31.7 Å². The normalized spacial score (nSPS) is 7.38. The molecule has 0 N–H and O–H groups in total. The van der Waals surface area contributed by atoms with Crippen LogP contribution in [0.2, 0.25) is 0 Å². The van der Waals surface area contributed by atoms with Crippen molar-refractivity contribution in [2.75, 3.05) is 0 Å². The van der Waals surface area contributed by atoms with Crippen molar-refractivity contribution in [3.05, 3.63) is 0 Å². The molecular formula is ClMg2O4P. The first-order valence-corrected chi connectivity index (χ1v) is 2.19. The monoisotopic (exact) mass is 178 g/mol. The Labute approximate surface area is 85.0 Å². The number of hydrogen-bond donors (Lipinski definition) is 0. The molecule has 0 aliphatic carbocycles. The molecule has 8 heavy (non-hydrogen) atoms. The van der Waals surface area contributed by atoms with Gasteiger partial charge in [-0.15, -0.1) is 0 Å². The van der Waals surface area contributed by atoms with Crippen LogP contribution in [0.5, 0.6) is 0 Å². The van der Waals surface area contributed by atoms with E-state index < -0.39 is 7.82 Å². The van der Waals surface area contributed by atoms with Crippen molar-refractivity contribution in [1.29, 1.82) is 0 Å². The zero-order chi connectivity index (χ0) is 4.50. The third-order valence-electron chi connectivity index (χ3n) is 0. The number of hydrogen-bond acceptors (Lipinski definition) is 4. The minimum Gasteiger partial charge on any atom is -1.00 e. The fraction of sp³-hybridized carbons (Fsp3) is 0. The molecule has 0 bridgehead atoms. The fourth-order valence-electron chi connectivity index (χ4n) is 0. The molecule has 8 heteroatoms. The summed E-state index contributed by atoms with van der Waals surface area (Å²) < 4.78 is 8.55. The molecule has 0 atom stereocenters. The fourth-order valence-corrected chi connectivity index (χ4v) is 0. The first kappa shape index (κ1) is 22.5. The van der Waals surface area contributed by atoms with Gasteiger partial charge < -0.3 is 31.7 Å². The van der Waals surface area contributed by atoms with Gasteiger partial charge in [-0.1, -0.05) is 0 Å². The molecule has 0 aliphatic heterocycles. The molecule has 0 amide bonds. The molecule has 4 nitrogen and oxygen atoms in total. The van der Waals surface area contributed by atoms with E-state index in [0.717, 1.165) is 0 Å². The molecule has 0 rings (SSSR count). The summed E-state index contributed by atoms with van der Waals surface area (Å²) >= 11 is 0. The van der Waals surface area contributed by atoms with E-state index in [2.05, 4.69) is 0 Å². The molecule has 0 heterocycles. The Balaban J connectivity index is -0.0000000267. The van der Waals surface area contributed by atoms with Gasteiger partial charge in [-0.25, -0.2) is 0 Å². The molecule has 0 unspecified atom stereocenters. The van der Waals surface area contributed by atoms with E-state index in [1.54, 1.807) is 0 Å². The number of rotatable bonds is 0. The van der Waals surface area contributed by atoms with Crippen LogP contribution in [0.15, 0.2) is 0 Å². The van der Waals surface area contributed by atoms with E-state index in [-0.39, 0.29) is 58.5 Å². The average Bonchev–Trinajstić information content (AvgIpc) is 0.722. The SMILES string of the molecule is O=P([O-])([O-])[O-].[Cl-].[Mg+2].[Mg+2]. The van der Waals surface area contributed by atoms with Crippen LogP contribution in [0.25, 0.3) is 0 Å². The van der Waals surface area contributed by atoms with Gasteiger partial charge in [0.05, 0.1) is 0 Å². The Kier molecular flexibility index (Phi) is 25.1. The Bertz CT molecular complexity index is 60.2. The Morgan fingerprint density at radius 3 is 1.00 bits per heavy atom. The molecule has 0 radical (unpaired) electrons. The van der Waals surface area contributed by atoms with Crippen molar-refractivity contribution in [2.45, 2.75) is 0 Å². The van der Waals surface area contributed by atoms with E-state index in [0.29, 0.717) is 0 Å². The predicted octanol–water partition coefficient (Wildman–Crippen LogP) is -6.58. The van der Waals surface area contributed by atoms with Crippen molar-refractivity contribution in [3.8, 4) is 0 Å². The van der Waals surface area contributed by atoms with Crippen LogP contribution in [0, 0.1) is 0 Å². The Hall–Kier alpha value is 1.93. The van der Waals surface area contributed by atoms with Crippen molar-refractivity contribution >= 4 is 53.9 Å². The van der Waals surface area contributed by atoms with Crippen molar-refractivity contribution in [2.24, 2.45) is 0 Å². The topological polar surface area (TPSA) is 86.2 Å². The van der Waals surface area contributed by atoms with Crippen LogP contribution in [-0.4, -0.2) is 46.1 Å². The van der Waals surface area contributed by atoms with E-state index >= 15 is 0 Å². The predicted molar refractivity (Wildman–Crippen MR) is 19.1 cm³/mol. The average molecular weight is 179 g/mol. The summed E-state index contributed by atoms with van der Waals surface area (Å²) in [7, 11) is -5.39. The third kappa shape index (κ3) is 102. The van der Waals surface area contributed by atoms with Crippen LogP contribution in [0.3, 0.4) is 0 Å². The first-order chi connectivity index (χ1) is 2.00. The van der Waals surface area contributed by atoms with E-state index in [9.17, 15) is 0 Å². The molecule has 0 fully saturated rings. The molecule has 0 aromatic rings. The molecule has 0 aromatic carbocycles. The Morgan fingerprint density at radius 1 is 1.00 bits per heavy atom. The summed E-state index contributed by atoms with van der Waals surface area (Å²) in [6.45, 7) is 0. The zero-order valence-electron chi connectivity index (χ0n) is 3.87. The minimum absolute atomic E-state index is 0. The first-order valence-electron chi connectivity index (χ1n) is 0.730. The quantitative estimate of drug-likeness (QED) is 0.273. The van der Waals surface area contributed by atoms with Gasteiger partial charge in [0.2, 0.25) is 0 Å². The maximum atomic E-state index is 8.55. The maximum absolute atomic E-state index is 8.55. The van der Waals surface area contributed by atoms with E-state index in [1.165, 1.54) is 0 Å².